The van der Waals surface area contributed by atoms with Crippen molar-refractivity contribution in [3.8, 4) is 0 Å². The fourth-order valence-electron chi connectivity index (χ4n) is 5.02. The number of nitrogens with zero attached hydrogens (tertiary/aromatic N) is 1. The topological polar surface area (TPSA) is 49.8 Å². The number of rotatable bonds is 1. The van der Waals surface area contributed by atoms with Crippen LogP contribution < -0.4 is 0 Å². The quantitative estimate of drug-likeness (QED) is 0.734. The molecule has 0 aromatic heterocycles. The molecule has 1 saturated carbocycles. The zero-order chi connectivity index (χ0) is 16.7. The van der Waals surface area contributed by atoms with Gasteiger partial charge in [0, 0.05) is 12.1 Å². The third-order valence-electron chi connectivity index (χ3n) is 6.02. The van der Waals surface area contributed by atoms with E-state index in [0.717, 1.165) is 38.5 Å². The van der Waals surface area contributed by atoms with E-state index in [0.29, 0.717) is 5.92 Å². The highest BCUT2D eigenvalue weighted by molar-refractivity contribution is 5.69. The second-order valence-corrected chi connectivity index (χ2v) is 8.97. The van der Waals surface area contributed by atoms with Crippen LogP contribution in [0.25, 0.3) is 0 Å². The normalized spacial score (nSPS) is 35.9. The van der Waals surface area contributed by atoms with Gasteiger partial charge in [0.1, 0.15) is 5.60 Å². The lowest BCUT2D eigenvalue weighted by Crippen LogP contribution is -2.56. The summed E-state index contributed by atoms with van der Waals surface area (Å²) in [6.45, 7) is 5.75. The van der Waals surface area contributed by atoms with Gasteiger partial charge in [-0.15, -0.1) is 0 Å². The van der Waals surface area contributed by atoms with Gasteiger partial charge in [-0.25, -0.2) is 4.79 Å². The predicted molar refractivity (Wildman–Crippen MR) is 90.3 cm³/mol. The highest BCUT2D eigenvalue weighted by Gasteiger charge is 2.52. The summed E-state index contributed by atoms with van der Waals surface area (Å²) in [6.07, 6.45) is 10.7. The summed E-state index contributed by atoms with van der Waals surface area (Å²) in [5.41, 5.74) is -1.01. The molecule has 132 valence electrons. The Kier molecular flexibility index (Phi) is 4.65. The first-order valence-electron chi connectivity index (χ1n) is 9.52. The Bertz CT molecular complexity index is 420. The Morgan fingerprint density at radius 1 is 1.00 bits per heavy atom. The number of piperidine rings is 1. The Hall–Kier alpha value is -0.770. The maximum Gasteiger partial charge on any atom is 0.410 e. The maximum atomic E-state index is 12.5. The molecule has 1 N–H and O–H groups in total. The average Bonchev–Trinajstić information content (AvgIpc) is 2.65. The van der Waals surface area contributed by atoms with Crippen molar-refractivity contribution < 1.29 is 14.6 Å². The minimum atomic E-state index is -0.561. The molecule has 2 unspecified atom stereocenters. The van der Waals surface area contributed by atoms with Crippen molar-refractivity contribution in [3.63, 3.8) is 0 Å². The van der Waals surface area contributed by atoms with Crippen molar-refractivity contribution in [2.75, 3.05) is 0 Å². The zero-order valence-electron chi connectivity index (χ0n) is 15.0. The lowest BCUT2D eigenvalue weighted by Gasteiger charge is -2.47. The minimum Gasteiger partial charge on any atom is -0.444 e. The lowest BCUT2D eigenvalue weighted by molar-refractivity contribution is -0.0950. The molecular formula is C19H33NO3. The Labute approximate surface area is 140 Å². The lowest BCUT2D eigenvalue weighted by atomic mass is 9.73. The highest BCUT2D eigenvalue weighted by Crippen LogP contribution is 2.47. The van der Waals surface area contributed by atoms with E-state index in [9.17, 15) is 9.90 Å². The van der Waals surface area contributed by atoms with Crippen molar-refractivity contribution in [1.29, 1.82) is 0 Å². The summed E-state index contributed by atoms with van der Waals surface area (Å²) >= 11 is 0. The fourth-order valence-corrected chi connectivity index (χ4v) is 5.02. The average molecular weight is 323 g/mol. The van der Waals surface area contributed by atoms with Crippen molar-refractivity contribution >= 4 is 6.09 Å². The molecule has 2 heterocycles. The molecule has 0 aromatic rings. The van der Waals surface area contributed by atoms with Gasteiger partial charge >= 0.3 is 6.09 Å². The first kappa shape index (κ1) is 17.1. The van der Waals surface area contributed by atoms with E-state index in [1.165, 1.54) is 25.7 Å². The van der Waals surface area contributed by atoms with Crippen LogP contribution in [0.2, 0.25) is 0 Å². The number of hydrogen-bond donors (Lipinski definition) is 1. The summed E-state index contributed by atoms with van der Waals surface area (Å²) in [5.74, 6) is 0.425. The van der Waals surface area contributed by atoms with E-state index in [1.807, 2.05) is 25.7 Å². The standard InChI is InChI=1S/C19H33NO3/c1-18(2,3)23-17(21)20-15-10-11-16(20)13-19(22,12-15)14-8-6-4-5-7-9-14/h14-16,22H,4-13H2,1-3H3. The molecule has 0 radical (unpaired) electrons. The Morgan fingerprint density at radius 2 is 1.52 bits per heavy atom. The molecule has 3 rings (SSSR count). The second kappa shape index (κ2) is 6.27. The molecule has 2 aliphatic heterocycles. The summed E-state index contributed by atoms with van der Waals surface area (Å²) in [5, 5.41) is 11.4. The molecule has 3 fully saturated rings. The summed E-state index contributed by atoms with van der Waals surface area (Å²) in [6, 6.07) is 0.328. The van der Waals surface area contributed by atoms with Crippen molar-refractivity contribution in [2.24, 2.45) is 5.92 Å². The summed E-state index contributed by atoms with van der Waals surface area (Å²) in [4.78, 5) is 14.5. The van der Waals surface area contributed by atoms with E-state index in [2.05, 4.69) is 0 Å². The fraction of sp³-hybridized carbons (Fsp3) is 0.947. The van der Waals surface area contributed by atoms with Crippen LogP contribution in [0, 0.1) is 5.92 Å². The van der Waals surface area contributed by atoms with E-state index in [-0.39, 0.29) is 18.2 Å². The van der Waals surface area contributed by atoms with E-state index in [1.54, 1.807) is 0 Å². The smallest absolute Gasteiger partial charge is 0.410 e. The van der Waals surface area contributed by atoms with Crippen LogP contribution in [0.5, 0.6) is 0 Å². The molecular weight excluding hydrogens is 290 g/mol. The first-order chi connectivity index (χ1) is 10.8. The number of aliphatic hydroxyl groups is 1. The van der Waals surface area contributed by atoms with Gasteiger partial charge in [-0.2, -0.15) is 0 Å². The largest absolute Gasteiger partial charge is 0.444 e. The Morgan fingerprint density at radius 3 is 2.00 bits per heavy atom. The third kappa shape index (κ3) is 3.67. The molecule has 0 aromatic carbocycles. The molecule has 1 amide bonds. The van der Waals surface area contributed by atoms with Gasteiger partial charge in [0.2, 0.25) is 0 Å². The van der Waals surface area contributed by atoms with Gasteiger partial charge in [-0.1, -0.05) is 25.7 Å². The number of amides is 1. The van der Waals surface area contributed by atoms with Gasteiger partial charge in [0.25, 0.3) is 0 Å². The summed E-state index contributed by atoms with van der Waals surface area (Å²) in [7, 11) is 0. The molecule has 4 heteroatoms. The van der Waals surface area contributed by atoms with E-state index < -0.39 is 11.2 Å². The molecule has 2 atom stereocenters. The molecule has 1 aliphatic carbocycles. The van der Waals surface area contributed by atoms with Crippen LogP contribution in [-0.4, -0.2) is 39.4 Å². The number of carbonyl (C=O) groups is 1. The van der Waals surface area contributed by atoms with Gasteiger partial charge in [0.15, 0.2) is 0 Å². The highest BCUT2D eigenvalue weighted by atomic mass is 16.6. The first-order valence-corrected chi connectivity index (χ1v) is 9.52. The molecule has 4 nitrogen and oxygen atoms in total. The predicted octanol–water partition coefficient (Wildman–Crippen LogP) is 4.25. The van der Waals surface area contributed by atoms with Crippen molar-refractivity contribution in [1.82, 2.24) is 4.90 Å². The maximum absolute atomic E-state index is 12.5. The summed E-state index contributed by atoms with van der Waals surface area (Å²) < 4.78 is 5.60. The number of ether oxygens (including phenoxy) is 1. The number of fused-ring (bicyclic) bond motifs is 2. The Balaban J connectivity index is 1.69. The van der Waals surface area contributed by atoms with Crippen LogP contribution in [-0.2, 0) is 4.74 Å². The molecule has 3 aliphatic rings. The molecule has 23 heavy (non-hydrogen) atoms. The van der Waals surface area contributed by atoms with Crippen LogP contribution in [0.15, 0.2) is 0 Å². The van der Waals surface area contributed by atoms with Gasteiger partial charge in [0.05, 0.1) is 5.60 Å². The zero-order valence-corrected chi connectivity index (χ0v) is 15.0. The van der Waals surface area contributed by atoms with Crippen LogP contribution in [0.3, 0.4) is 0 Å². The molecule has 2 bridgehead atoms. The van der Waals surface area contributed by atoms with Gasteiger partial charge in [-0.3, -0.25) is 0 Å². The number of carbonyl (C=O) groups excluding carboxylic acids is 1. The minimum absolute atomic E-state index is 0.164. The van der Waals surface area contributed by atoms with Gasteiger partial charge in [-0.05, 0) is 65.2 Å². The van der Waals surface area contributed by atoms with Gasteiger partial charge < -0.3 is 14.7 Å². The molecule has 0 spiro atoms. The van der Waals surface area contributed by atoms with E-state index >= 15 is 0 Å². The number of hydrogen-bond acceptors (Lipinski definition) is 3. The molecule has 2 saturated heterocycles. The SMILES string of the molecule is CC(C)(C)OC(=O)N1C2CCC1CC(O)(C1CCCCCC1)C2. The van der Waals surface area contributed by atoms with Crippen LogP contribution >= 0.6 is 0 Å². The van der Waals surface area contributed by atoms with Crippen LogP contribution in [0.1, 0.15) is 85.0 Å². The van der Waals surface area contributed by atoms with Crippen LogP contribution in [0.4, 0.5) is 4.79 Å². The van der Waals surface area contributed by atoms with Crippen molar-refractivity contribution in [2.45, 2.75) is 108 Å². The van der Waals surface area contributed by atoms with E-state index in [4.69, 9.17) is 4.74 Å². The monoisotopic (exact) mass is 323 g/mol. The third-order valence-corrected chi connectivity index (χ3v) is 6.02. The second-order valence-electron chi connectivity index (χ2n) is 8.97. The van der Waals surface area contributed by atoms with Crippen molar-refractivity contribution in [3.05, 3.63) is 0 Å².